The summed E-state index contributed by atoms with van der Waals surface area (Å²) in [5.74, 6) is -0.115. The molecule has 1 aromatic rings. The highest BCUT2D eigenvalue weighted by molar-refractivity contribution is 5.15. The molecule has 1 unspecified atom stereocenters. The second-order valence-electron chi connectivity index (χ2n) is 6.37. The summed E-state index contributed by atoms with van der Waals surface area (Å²) in [4.78, 5) is 0. The molecule has 2 heteroatoms. The standard InChI is InChI=1S/C20H34O2/c1-5-6-7-8-9-13-16-19(20(2,21-3)22-4)17-18-14-11-10-12-15-18/h10-12,14-15,19H,5-9,13,16-17H2,1-4H3. The monoisotopic (exact) mass is 306 g/mol. The van der Waals surface area contributed by atoms with E-state index in [1.54, 1.807) is 14.2 Å². The first-order valence-electron chi connectivity index (χ1n) is 8.80. The Morgan fingerprint density at radius 1 is 0.909 bits per heavy atom. The maximum Gasteiger partial charge on any atom is 0.167 e. The summed E-state index contributed by atoms with van der Waals surface area (Å²) in [6.45, 7) is 4.33. The zero-order valence-corrected chi connectivity index (χ0v) is 14.9. The van der Waals surface area contributed by atoms with E-state index in [0.717, 1.165) is 12.8 Å². The molecule has 0 aromatic heterocycles. The van der Waals surface area contributed by atoms with Crippen molar-refractivity contribution >= 4 is 0 Å². The molecule has 0 bridgehead atoms. The quantitative estimate of drug-likeness (QED) is 0.369. The van der Waals surface area contributed by atoms with Crippen LogP contribution in [0.3, 0.4) is 0 Å². The zero-order valence-electron chi connectivity index (χ0n) is 14.9. The number of rotatable bonds is 12. The van der Waals surface area contributed by atoms with Crippen molar-refractivity contribution in [1.82, 2.24) is 0 Å². The van der Waals surface area contributed by atoms with Crippen LogP contribution in [0.25, 0.3) is 0 Å². The first-order chi connectivity index (χ1) is 10.7. The molecule has 1 atom stereocenters. The lowest BCUT2D eigenvalue weighted by molar-refractivity contribution is -0.228. The van der Waals surface area contributed by atoms with Crippen LogP contribution in [0.1, 0.15) is 64.4 Å². The van der Waals surface area contributed by atoms with Gasteiger partial charge < -0.3 is 9.47 Å². The van der Waals surface area contributed by atoms with Gasteiger partial charge >= 0.3 is 0 Å². The van der Waals surface area contributed by atoms with Gasteiger partial charge in [-0.25, -0.2) is 0 Å². The van der Waals surface area contributed by atoms with Crippen LogP contribution in [0.2, 0.25) is 0 Å². The van der Waals surface area contributed by atoms with E-state index >= 15 is 0 Å². The molecule has 0 aliphatic heterocycles. The van der Waals surface area contributed by atoms with Gasteiger partial charge in [0.1, 0.15) is 0 Å². The van der Waals surface area contributed by atoms with Crippen molar-refractivity contribution in [2.45, 2.75) is 71.0 Å². The van der Waals surface area contributed by atoms with Crippen molar-refractivity contribution in [3.8, 4) is 0 Å². The van der Waals surface area contributed by atoms with Gasteiger partial charge in [-0.05, 0) is 25.3 Å². The van der Waals surface area contributed by atoms with Gasteiger partial charge in [-0.3, -0.25) is 0 Å². The van der Waals surface area contributed by atoms with Crippen molar-refractivity contribution in [2.24, 2.45) is 5.92 Å². The third-order valence-corrected chi connectivity index (χ3v) is 4.78. The predicted octanol–water partition coefficient (Wildman–Crippen LogP) is 5.60. The molecule has 0 heterocycles. The third kappa shape index (κ3) is 6.50. The highest BCUT2D eigenvalue weighted by Gasteiger charge is 2.33. The molecule has 22 heavy (non-hydrogen) atoms. The van der Waals surface area contributed by atoms with E-state index in [2.05, 4.69) is 44.2 Å². The van der Waals surface area contributed by atoms with Crippen LogP contribution in [0.5, 0.6) is 0 Å². The zero-order chi connectivity index (χ0) is 16.3. The topological polar surface area (TPSA) is 18.5 Å². The fourth-order valence-electron chi connectivity index (χ4n) is 3.04. The Kier molecular flexibility index (Phi) is 9.42. The lowest BCUT2D eigenvalue weighted by Crippen LogP contribution is -2.40. The number of unbranched alkanes of at least 4 members (excludes halogenated alkanes) is 5. The molecular formula is C20H34O2. The molecular weight excluding hydrogens is 272 g/mol. The Labute approximate surface area is 137 Å². The predicted molar refractivity (Wildman–Crippen MR) is 94.1 cm³/mol. The Morgan fingerprint density at radius 2 is 1.50 bits per heavy atom. The lowest BCUT2D eigenvalue weighted by atomic mass is 9.87. The van der Waals surface area contributed by atoms with Gasteiger partial charge in [0.2, 0.25) is 0 Å². The highest BCUT2D eigenvalue weighted by Crippen LogP contribution is 2.30. The summed E-state index contributed by atoms with van der Waals surface area (Å²) in [5.41, 5.74) is 1.36. The minimum absolute atomic E-state index is 0.385. The largest absolute Gasteiger partial charge is 0.353 e. The second-order valence-corrected chi connectivity index (χ2v) is 6.37. The van der Waals surface area contributed by atoms with Crippen molar-refractivity contribution in [3.63, 3.8) is 0 Å². The molecule has 0 saturated carbocycles. The maximum atomic E-state index is 5.69. The average molecular weight is 306 g/mol. The molecule has 0 N–H and O–H groups in total. The van der Waals surface area contributed by atoms with Gasteiger partial charge in [0.25, 0.3) is 0 Å². The minimum atomic E-state index is -0.501. The Hall–Kier alpha value is -0.860. The van der Waals surface area contributed by atoms with Gasteiger partial charge in [-0.15, -0.1) is 0 Å². The highest BCUT2D eigenvalue weighted by atomic mass is 16.7. The van der Waals surface area contributed by atoms with Crippen molar-refractivity contribution < 1.29 is 9.47 Å². The summed E-state index contributed by atoms with van der Waals surface area (Å²) in [6, 6.07) is 10.7. The van der Waals surface area contributed by atoms with Crippen molar-refractivity contribution in [2.75, 3.05) is 14.2 Å². The summed E-state index contributed by atoms with van der Waals surface area (Å²) in [5, 5.41) is 0. The summed E-state index contributed by atoms with van der Waals surface area (Å²) < 4.78 is 11.4. The summed E-state index contributed by atoms with van der Waals surface area (Å²) in [6.07, 6.45) is 10.1. The van der Waals surface area contributed by atoms with E-state index in [1.807, 2.05) is 0 Å². The van der Waals surface area contributed by atoms with Gasteiger partial charge in [-0.2, -0.15) is 0 Å². The van der Waals surface area contributed by atoms with E-state index in [-0.39, 0.29) is 0 Å². The number of hydrogen-bond donors (Lipinski definition) is 0. The van der Waals surface area contributed by atoms with Gasteiger partial charge in [0.15, 0.2) is 5.79 Å². The Bertz CT molecular complexity index is 371. The van der Waals surface area contributed by atoms with Crippen LogP contribution in [-0.2, 0) is 15.9 Å². The average Bonchev–Trinajstić information content (AvgIpc) is 2.57. The van der Waals surface area contributed by atoms with Crippen LogP contribution >= 0.6 is 0 Å². The Morgan fingerprint density at radius 3 is 2.09 bits per heavy atom. The van der Waals surface area contributed by atoms with E-state index in [0.29, 0.717) is 5.92 Å². The number of hydrogen-bond acceptors (Lipinski definition) is 2. The van der Waals surface area contributed by atoms with E-state index < -0.39 is 5.79 Å². The molecule has 0 fully saturated rings. The van der Waals surface area contributed by atoms with Gasteiger partial charge in [-0.1, -0.05) is 75.8 Å². The number of benzene rings is 1. The van der Waals surface area contributed by atoms with E-state index in [4.69, 9.17) is 9.47 Å². The fraction of sp³-hybridized carbons (Fsp3) is 0.700. The first kappa shape index (κ1) is 19.2. The van der Waals surface area contributed by atoms with Crippen LogP contribution in [0.4, 0.5) is 0 Å². The van der Waals surface area contributed by atoms with Crippen LogP contribution in [0.15, 0.2) is 30.3 Å². The molecule has 0 aliphatic carbocycles. The van der Waals surface area contributed by atoms with E-state index in [1.165, 1.54) is 44.1 Å². The minimum Gasteiger partial charge on any atom is -0.353 e. The fourth-order valence-corrected chi connectivity index (χ4v) is 3.04. The molecule has 126 valence electrons. The van der Waals surface area contributed by atoms with Crippen molar-refractivity contribution in [1.29, 1.82) is 0 Å². The second kappa shape index (κ2) is 10.8. The maximum absolute atomic E-state index is 5.69. The van der Waals surface area contributed by atoms with E-state index in [9.17, 15) is 0 Å². The van der Waals surface area contributed by atoms with Gasteiger partial charge in [0, 0.05) is 20.1 Å². The smallest absolute Gasteiger partial charge is 0.167 e. The summed E-state index contributed by atoms with van der Waals surface area (Å²) >= 11 is 0. The van der Waals surface area contributed by atoms with Gasteiger partial charge in [0.05, 0.1) is 0 Å². The Balaban J connectivity index is 2.55. The summed E-state index contributed by atoms with van der Waals surface area (Å²) in [7, 11) is 3.51. The molecule has 0 amide bonds. The van der Waals surface area contributed by atoms with Crippen molar-refractivity contribution in [3.05, 3.63) is 35.9 Å². The van der Waals surface area contributed by atoms with Crippen LogP contribution in [-0.4, -0.2) is 20.0 Å². The molecule has 0 radical (unpaired) electrons. The molecule has 2 nitrogen and oxygen atoms in total. The number of methoxy groups -OCH3 is 2. The molecule has 1 aromatic carbocycles. The lowest BCUT2D eigenvalue weighted by Gasteiger charge is -2.35. The normalized spacial score (nSPS) is 13.3. The first-order valence-corrected chi connectivity index (χ1v) is 8.80. The molecule has 1 rings (SSSR count). The molecule has 0 saturated heterocycles. The SMILES string of the molecule is CCCCCCCCC(Cc1ccccc1)C(C)(OC)OC. The molecule has 0 aliphatic rings. The third-order valence-electron chi connectivity index (χ3n) is 4.78. The molecule has 0 spiro atoms. The number of ether oxygens (including phenoxy) is 2. The van der Waals surface area contributed by atoms with Crippen LogP contribution < -0.4 is 0 Å². The van der Waals surface area contributed by atoms with Crippen LogP contribution in [0, 0.1) is 5.92 Å².